The summed E-state index contributed by atoms with van der Waals surface area (Å²) in [6.45, 7) is 0. The first-order valence-corrected chi connectivity index (χ1v) is 0. The van der Waals surface area contributed by atoms with E-state index >= 15 is 0 Å². The van der Waals surface area contributed by atoms with Crippen molar-refractivity contribution in [3.63, 3.8) is 0 Å². The van der Waals surface area contributed by atoms with Crippen LogP contribution in [0, 0.1) is 0 Å². The van der Waals surface area contributed by atoms with Crippen LogP contribution in [0.2, 0.25) is 0 Å². The Kier molecular flexibility index (Phi) is 2950. The first-order valence-electron chi connectivity index (χ1n) is 0. The van der Waals surface area contributed by atoms with Crippen molar-refractivity contribution < 1.29 is 40.5 Å². The first-order chi connectivity index (χ1) is 0. The molecule has 39 valence electrons. The molecule has 0 saturated heterocycles. The molecule has 0 unspecified atom stereocenters. The molecule has 6 heavy (non-hydrogen) atoms. The van der Waals surface area contributed by atoms with Crippen LogP contribution in [-0.4, -0.2) is 26.2 Å². The van der Waals surface area contributed by atoms with Crippen LogP contribution in [0.5, 0.6) is 0 Å². The summed E-state index contributed by atoms with van der Waals surface area (Å²) in [7, 11) is 0. The second-order valence-electron chi connectivity index (χ2n) is 0. The van der Waals surface area contributed by atoms with Gasteiger partial charge in [0.05, 0.1) is 0 Å². The Labute approximate surface area is 66.5 Å². The first kappa shape index (κ1) is 170. The molecular formula is BiO4V-5. The van der Waals surface area contributed by atoms with Gasteiger partial charge in [-0.2, -0.15) is 0 Å². The van der Waals surface area contributed by atoms with Gasteiger partial charge in [-0.1, -0.05) is 0 Å². The number of rotatable bonds is 0. The molecule has 0 aromatic heterocycles. The quantitative estimate of drug-likeness (QED) is 0.516. The van der Waals surface area contributed by atoms with Crippen LogP contribution in [0.15, 0.2) is 0 Å². The van der Waals surface area contributed by atoms with Crippen molar-refractivity contribution >= 4 is 26.2 Å². The van der Waals surface area contributed by atoms with Gasteiger partial charge in [-0.15, -0.1) is 0 Å². The average Bonchev–Trinajstić information content (AvgIpc) is 0. The third-order valence-corrected chi connectivity index (χ3v) is 0. The minimum Gasteiger partial charge on any atom is -2.00 e. The largest absolute Gasteiger partial charge is 3.00 e. The van der Waals surface area contributed by atoms with E-state index in [0.29, 0.717) is 0 Å². The zero-order valence-corrected chi connectivity index (χ0v) is 7.40. The Morgan fingerprint density at radius 2 is 0.500 bits per heavy atom. The van der Waals surface area contributed by atoms with Gasteiger partial charge in [0.2, 0.25) is 0 Å². The average molecular weight is 324 g/mol. The Morgan fingerprint density at radius 3 is 0.500 bits per heavy atom. The van der Waals surface area contributed by atoms with Gasteiger partial charge in [0.25, 0.3) is 0 Å². The maximum atomic E-state index is 0. The van der Waals surface area contributed by atoms with Crippen LogP contribution in [-0.2, 0) is 40.5 Å². The van der Waals surface area contributed by atoms with Gasteiger partial charge in [0.1, 0.15) is 0 Å². The molecule has 0 amide bonds. The fourth-order valence-electron chi connectivity index (χ4n) is 0. The van der Waals surface area contributed by atoms with E-state index in [0.717, 1.165) is 0 Å². The fraction of sp³-hybridized carbons (Fsp3) is 0. The molecule has 0 aliphatic rings. The van der Waals surface area contributed by atoms with Crippen molar-refractivity contribution in [3.05, 3.63) is 0 Å². The molecule has 0 spiro atoms. The van der Waals surface area contributed by atoms with Gasteiger partial charge in [0.15, 0.2) is 0 Å². The van der Waals surface area contributed by atoms with Crippen LogP contribution < -0.4 is 0 Å². The zero-order chi connectivity index (χ0) is 0. The Hall–Kier alpha value is 1.31. The minimum absolute atomic E-state index is 0. The van der Waals surface area contributed by atoms with Gasteiger partial charge in [0, 0.05) is 18.6 Å². The van der Waals surface area contributed by atoms with Gasteiger partial charge in [-0.3, -0.25) is 0 Å². The van der Waals surface area contributed by atoms with Crippen molar-refractivity contribution in [2.75, 3.05) is 0 Å². The van der Waals surface area contributed by atoms with E-state index < -0.39 is 0 Å². The predicted molar refractivity (Wildman–Crippen MR) is 8.50 cm³/mol. The van der Waals surface area contributed by atoms with Crippen LogP contribution in [0.25, 0.3) is 0 Å². The van der Waals surface area contributed by atoms with E-state index in [2.05, 4.69) is 0 Å². The molecular weight excluding hydrogens is 324 g/mol. The summed E-state index contributed by atoms with van der Waals surface area (Å²) in [5, 5.41) is 0. The van der Waals surface area contributed by atoms with E-state index in [4.69, 9.17) is 0 Å². The molecule has 6 heteroatoms. The second-order valence-corrected chi connectivity index (χ2v) is 0. The van der Waals surface area contributed by atoms with Crippen molar-refractivity contribution in [1.82, 2.24) is 0 Å². The van der Waals surface area contributed by atoms with E-state index in [9.17, 15) is 0 Å². The molecule has 0 aliphatic carbocycles. The zero-order valence-electron chi connectivity index (χ0n) is 2.53. The Morgan fingerprint density at radius 1 is 0.500 bits per heavy atom. The van der Waals surface area contributed by atoms with E-state index in [1.165, 1.54) is 0 Å². The molecule has 4 nitrogen and oxygen atoms in total. The van der Waals surface area contributed by atoms with Crippen LogP contribution in [0.4, 0.5) is 0 Å². The Bertz CT molecular complexity index is 7.51. The summed E-state index contributed by atoms with van der Waals surface area (Å²) < 4.78 is 0. The van der Waals surface area contributed by atoms with Crippen LogP contribution in [0.1, 0.15) is 0 Å². The molecule has 0 atom stereocenters. The maximum absolute atomic E-state index is 0. The summed E-state index contributed by atoms with van der Waals surface area (Å²) >= 11 is 0. The summed E-state index contributed by atoms with van der Waals surface area (Å²) in [4.78, 5) is 0. The third-order valence-electron chi connectivity index (χ3n) is 0. The van der Waals surface area contributed by atoms with E-state index in [-0.39, 0.29) is 66.7 Å². The minimum atomic E-state index is 0. The predicted octanol–water partition coefficient (Wildman–Crippen LogP) is -0.859. The molecule has 0 rings (SSSR count). The molecule has 0 bridgehead atoms. The molecule has 0 fully saturated rings. The SMILES string of the molecule is [Bi+3].[O-2].[O-2].[O-2].[O-2].[V]. The normalized spacial score (nSPS) is 0. The molecule has 0 aliphatic heterocycles. The number of hydrogen-bond donors (Lipinski definition) is 0. The summed E-state index contributed by atoms with van der Waals surface area (Å²) in [5.74, 6) is 0. The molecule has 0 heterocycles. The molecule has 0 aromatic carbocycles. The van der Waals surface area contributed by atoms with Crippen molar-refractivity contribution in [2.45, 2.75) is 0 Å². The standard InChI is InChI=1S/Bi.4O.V/q+3;4*-2;. The van der Waals surface area contributed by atoms with E-state index in [1.807, 2.05) is 0 Å². The molecule has 3 radical (unpaired) electrons. The molecule has 0 saturated carbocycles. The van der Waals surface area contributed by atoms with E-state index in [1.54, 1.807) is 0 Å². The van der Waals surface area contributed by atoms with Gasteiger partial charge in [-0.05, 0) is 0 Å². The topological polar surface area (TPSA) is 114 Å². The van der Waals surface area contributed by atoms with Crippen LogP contribution >= 0.6 is 0 Å². The maximum Gasteiger partial charge on any atom is 3.00 e. The summed E-state index contributed by atoms with van der Waals surface area (Å²) in [6.07, 6.45) is 0. The second kappa shape index (κ2) is 104. The smallest absolute Gasteiger partial charge is 2.00 e. The molecule has 0 aromatic rings. The van der Waals surface area contributed by atoms with Gasteiger partial charge in [-0.25, -0.2) is 0 Å². The van der Waals surface area contributed by atoms with Gasteiger partial charge >= 0.3 is 26.2 Å². The number of hydrogen-bond acceptors (Lipinski definition) is 0. The third kappa shape index (κ3) is 57.6. The monoisotopic (exact) mass is 324 g/mol. The van der Waals surface area contributed by atoms with Crippen molar-refractivity contribution in [2.24, 2.45) is 0 Å². The van der Waals surface area contributed by atoms with Crippen molar-refractivity contribution in [3.8, 4) is 0 Å². The fourth-order valence-corrected chi connectivity index (χ4v) is 0. The summed E-state index contributed by atoms with van der Waals surface area (Å²) in [5.41, 5.74) is 0. The van der Waals surface area contributed by atoms with Crippen LogP contribution in [0.3, 0.4) is 0 Å². The Balaban J connectivity index is 0. The van der Waals surface area contributed by atoms with Crippen molar-refractivity contribution in [1.29, 1.82) is 0 Å². The van der Waals surface area contributed by atoms with Gasteiger partial charge < -0.3 is 21.9 Å². The summed E-state index contributed by atoms with van der Waals surface area (Å²) in [6, 6.07) is 0. The molecule has 0 N–H and O–H groups in total.